The van der Waals surface area contributed by atoms with Crippen molar-refractivity contribution in [3.8, 4) is 0 Å². The normalized spacial score (nSPS) is 10.9. The van der Waals surface area contributed by atoms with Crippen LogP contribution in [0.25, 0.3) is 0 Å². The summed E-state index contributed by atoms with van der Waals surface area (Å²) in [6, 6.07) is 0. The molecule has 56 valence electrons. The van der Waals surface area contributed by atoms with Crippen molar-refractivity contribution in [1.29, 1.82) is 0 Å². The van der Waals surface area contributed by atoms with E-state index in [-0.39, 0.29) is 0 Å². The average molecular weight is 138 g/mol. The number of methoxy groups -OCH3 is 1. The van der Waals surface area contributed by atoms with Gasteiger partial charge in [-0.2, -0.15) is 0 Å². The standard InChI is InChI=1S/C9H14O/c1-6-9(7(2)3)8(4)10-5/h6H,2,4H2,1,3,5H3/b9-6+. The van der Waals surface area contributed by atoms with E-state index >= 15 is 0 Å². The van der Waals surface area contributed by atoms with E-state index in [4.69, 9.17) is 4.74 Å². The first-order valence-corrected chi connectivity index (χ1v) is 3.19. The second-order valence-corrected chi connectivity index (χ2v) is 2.11. The molecule has 0 spiro atoms. The Balaban J connectivity index is 4.39. The van der Waals surface area contributed by atoms with Gasteiger partial charge in [-0.25, -0.2) is 0 Å². The zero-order valence-corrected chi connectivity index (χ0v) is 6.90. The second kappa shape index (κ2) is 3.94. The molecule has 0 aliphatic carbocycles. The third-order valence-corrected chi connectivity index (χ3v) is 1.30. The summed E-state index contributed by atoms with van der Waals surface area (Å²) < 4.78 is 4.94. The van der Waals surface area contributed by atoms with Gasteiger partial charge in [-0.15, -0.1) is 0 Å². The maximum atomic E-state index is 4.94. The van der Waals surface area contributed by atoms with Crippen molar-refractivity contribution >= 4 is 0 Å². The Morgan fingerprint density at radius 2 is 1.90 bits per heavy atom. The molecule has 0 bridgehead atoms. The molecule has 0 saturated heterocycles. The predicted octanol–water partition coefficient (Wildman–Crippen LogP) is 2.67. The summed E-state index contributed by atoms with van der Waals surface area (Å²) in [7, 11) is 1.61. The van der Waals surface area contributed by atoms with Gasteiger partial charge in [-0.1, -0.05) is 19.2 Å². The molecule has 10 heavy (non-hydrogen) atoms. The lowest BCUT2D eigenvalue weighted by atomic mass is 10.1. The quantitative estimate of drug-likeness (QED) is 0.430. The van der Waals surface area contributed by atoms with Crippen LogP contribution in [0.2, 0.25) is 0 Å². The Hall–Kier alpha value is -0.980. The van der Waals surface area contributed by atoms with E-state index < -0.39 is 0 Å². The Labute approximate surface area is 62.7 Å². The van der Waals surface area contributed by atoms with E-state index in [9.17, 15) is 0 Å². The van der Waals surface area contributed by atoms with Gasteiger partial charge in [-0.05, 0) is 19.4 Å². The monoisotopic (exact) mass is 138 g/mol. The van der Waals surface area contributed by atoms with Crippen molar-refractivity contribution in [2.45, 2.75) is 13.8 Å². The van der Waals surface area contributed by atoms with Crippen LogP contribution < -0.4 is 0 Å². The van der Waals surface area contributed by atoms with E-state index in [0.29, 0.717) is 5.76 Å². The zero-order chi connectivity index (χ0) is 8.15. The van der Waals surface area contributed by atoms with E-state index in [1.165, 1.54) is 0 Å². The average Bonchev–Trinajstić information content (AvgIpc) is 1.88. The van der Waals surface area contributed by atoms with Crippen molar-refractivity contribution in [2.75, 3.05) is 7.11 Å². The molecular formula is C9H14O. The molecule has 0 heterocycles. The molecule has 0 aromatic heterocycles. The molecule has 0 aromatic carbocycles. The van der Waals surface area contributed by atoms with Crippen molar-refractivity contribution < 1.29 is 4.74 Å². The number of hydrogen-bond donors (Lipinski definition) is 0. The summed E-state index contributed by atoms with van der Waals surface area (Å²) in [5.41, 5.74) is 1.97. The summed E-state index contributed by atoms with van der Waals surface area (Å²) in [6.07, 6.45) is 1.94. The van der Waals surface area contributed by atoms with Gasteiger partial charge in [0.15, 0.2) is 0 Å². The minimum Gasteiger partial charge on any atom is -0.497 e. The number of hydrogen-bond acceptors (Lipinski definition) is 1. The van der Waals surface area contributed by atoms with Crippen LogP contribution in [-0.4, -0.2) is 7.11 Å². The lowest BCUT2D eigenvalue weighted by molar-refractivity contribution is 0.304. The first kappa shape index (κ1) is 9.02. The lowest BCUT2D eigenvalue weighted by Crippen LogP contribution is -1.90. The molecule has 0 unspecified atom stereocenters. The van der Waals surface area contributed by atoms with Crippen LogP contribution in [0.15, 0.2) is 36.1 Å². The van der Waals surface area contributed by atoms with Crippen molar-refractivity contribution in [3.63, 3.8) is 0 Å². The Kier molecular flexibility index (Phi) is 3.55. The zero-order valence-electron chi connectivity index (χ0n) is 6.90. The largest absolute Gasteiger partial charge is 0.497 e. The fourth-order valence-electron chi connectivity index (χ4n) is 0.755. The first-order valence-electron chi connectivity index (χ1n) is 3.19. The van der Waals surface area contributed by atoms with Crippen LogP contribution in [0.3, 0.4) is 0 Å². The predicted molar refractivity (Wildman–Crippen MR) is 44.7 cm³/mol. The Morgan fingerprint density at radius 3 is 2.00 bits per heavy atom. The van der Waals surface area contributed by atoms with Gasteiger partial charge >= 0.3 is 0 Å². The summed E-state index contributed by atoms with van der Waals surface area (Å²) in [4.78, 5) is 0. The van der Waals surface area contributed by atoms with Crippen LogP contribution >= 0.6 is 0 Å². The van der Waals surface area contributed by atoms with Crippen LogP contribution in [-0.2, 0) is 4.74 Å². The van der Waals surface area contributed by atoms with Gasteiger partial charge in [0.1, 0.15) is 5.76 Å². The van der Waals surface area contributed by atoms with Gasteiger partial charge in [0.05, 0.1) is 7.11 Å². The fraction of sp³-hybridized carbons (Fsp3) is 0.333. The highest BCUT2D eigenvalue weighted by atomic mass is 16.5. The van der Waals surface area contributed by atoms with E-state index in [1.54, 1.807) is 7.11 Å². The van der Waals surface area contributed by atoms with Crippen LogP contribution in [0, 0.1) is 0 Å². The van der Waals surface area contributed by atoms with Gasteiger partial charge < -0.3 is 4.74 Å². The van der Waals surface area contributed by atoms with E-state index in [1.807, 2.05) is 19.9 Å². The molecule has 0 N–H and O–H groups in total. The Bertz CT molecular complexity index is 175. The van der Waals surface area contributed by atoms with E-state index in [2.05, 4.69) is 13.2 Å². The van der Waals surface area contributed by atoms with Crippen LogP contribution in [0.5, 0.6) is 0 Å². The van der Waals surface area contributed by atoms with Gasteiger partial charge in [0.25, 0.3) is 0 Å². The molecule has 0 amide bonds. The number of allylic oxidation sites excluding steroid dienone is 2. The van der Waals surface area contributed by atoms with E-state index in [0.717, 1.165) is 11.1 Å². The molecule has 0 atom stereocenters. The van der Waals surface area contributed by atoms with Gasteiger partial charge in [0.2, 0.25) is 0 Å². The smallest absolute Gasteiger partial charge is 0.118 e. The number of ether oxygens (including phenoxy) is 1. The summed E-state index contributed by atoms with van der Waals surface area (Å²) >= 11 is 0. The summed E-state index contributed by atoms with van der Waals surface area (Å²) in [5.74, 6) is 0.676. The van der Waals surface area contributed by atoms with Gasteiger partial charge in [-0.3, -0.25) is 0 Å². The first-order chi connectivity index (χ1) is 4.63. The van der Waals surface area contributed by atoms with Crippen LogP contribution in [0.1, 0.15) is 13.8 Å². The summed E-state index contributed by atoms with van der Waals surface area (Å²) in [6.45, 7) is 11.4. The minimum atomic E-state index is 0.676. The van der Waals surface area contributed by atoms with Crippen LogP contribution in [0.4, 0.5) is 0 Å². The molecular weight excluding hydrogens is 124 g/mol. The highest BCUT2D eigenvalue weighted by molar-refractivity contribution is 5.39. The molecule has 0 aliphatic rings. The summed E-state index contributed by atoms with van der Waals surface area (Å²) in [5, 5.41) is 0. The Morgan fingerprint density at radius 1 is 1.40 bits per heavy atom. The molecule has 0 saturated carbocycles. The number of rotatable bonds is 3. The maximum absolute atomic E-state index is 4.94. The van der Waals surface area contributed by atoms with Crippen molar-refractivity contribution in [1.82, 2.24) is 0 Å². The molecule has 0 fully saturated rings. The van der Waals surface area contributed by atoms with Crippen molar-refractivity contribution in [3.05, 3.63) is 36.1 Å². The SMILES string of the molecule is C=C(C)/C(=C\C)C(=C)OC. The molecule has 1 nitrogen and oxygen atoms in total. The van der Waals surface area contributed by atoms with Gasteiger partial charge in [0, 0.05) is 5.57 Å². The molecule has 0 aliphatic heterocycles. The van der Waals surface area contributed by atoms with Crippen molar-refractivity contribution in [2.24, 2.45) is 0 Å². The highest BCUT2D eigenvalue weighted by Crippen LogP contribution is 2.15. The minimum absolute atomic E-state index is 0.676. The third kappa shape index (κ3) is 2.09. The second-order valence-electron chi connectivity index (χ2n) is 2.11. The fourth-order valence-corrected chi connectivity index (χ4v) is 0.755. The molecule has 0 aromatic rings. The molecule has 1 heteroatoms. The maximum Gasteiger partial charge on any atom is 0.118 e. The third-order valence-electron chi connectivity index (χ3n) is 1.30. The molecule has 0 rings (SSSR count). The highest BCUT2D eigenvalue weighted by Gasteiger charge is 2.00. The topological polar surface area (TPSA) is 9.23 Å². The molecule has 0 radical (unpaired) electrons. The lowest BCUT2D eigenvalue weighted by Gasteiger charge is -2.07.